The molecule has 0 saturated heterocycles. The van der Waals surface area contributed by atoms with Gasteiger partial charge in [0.05, 0.1) is 12.2 Å². The van der Waals surface area contributed by atoms with E-state index in [0.29, 0.717) is 31.5 Å². The van der Waals surface area contributed by atoms with Gasteiger partial charge in [-0.2, -0.15) is 15.0 Å². The molecule has 0 aliphatic heterocycles. The number of nitrogens with zero attached hydrogens (tertiary/aromatic N) is 3. The molecule has 1 atom stereocenters. The van der Waals surface area contributed by atoms with E-state index in [1.165, 1.54) is 0 Å². The van der Waals surface area contributed by atoms with E-state index in [2.05, 4.69) is 32.5 Å². The molecule has 1 aromatic heterocycles. The fourth-order valence-corrected chi connectivity index (χ4v) is 1.84. The van der Waals surface area contributed by atoms with Crippen molar-refractivity contribution < 1.29 is 9.84 Å². The Morgan fingerprint density at radius 1 is 1.05 bits per heavy atom. The lowest BCUT2D eigenvalue weighted by Crippen LogP contribution is -2.33. The topological polar surface area (TPSA) is 92.2 Å². The zero-order chi connectivity index (χ0) is 15.7. The average molecular weight is 297 g/mol. The Kier molecular flexibility index (Phi) is 7.14. The van der Waals surface area contributed by atoms with Gasteiger partial charge in [-0.3, -0.25) is 0 Å². The lowest BCUT2D eigenvalue weighted by Gasteiger charge is -2.23. The molecule has 7 heteroatoms. The van der Waals surface area contributed by atoms with E-state index >= 15 is 0 Å². The molecule has 7 nitrogen and oxygen atoms in total. The maximum atomic E-state index is 10.2. The van der Waals surface area contributed by atoms with Gasteiger partial charge in [-0.25, -0.2) is 0 Å². The van der Waals surface area contributed by atoms with Crippen molar-refractivity contribution >= 4 is 11.9 Å². The van der Waals surface area contributed by atoms with E-state index in [0.717, 1.165) is 19.4 Å². The van der Waals surface area contributed by atoms with Crippen molar-refractivity contribution in [1.29, 1.82) is 0 Å². The molecule has 1 aromatic rings. The molecule has 1 unspecified atom stereocenters. The van der Waals surface area contributed by atoms with Crippen LogP contribution in [0.1, 0.15) is 47.0 Å². The largest absolute Gasteiger partial charge is 0.464 e. The van der Waals surface area contributed by atoms with Crippen LogP contribution in [0, 0.1) is 0 Å². The molecule has 1 rings (SSSR count). The second kappa shape index (κ2) is 8.61. The maximum absolute atomic E-state index is 10.2. The Labute approximate surface area is 126 Å². The van der Waals surface area contributed by atoms with Crippen LogP contribution < -0.4 is 15.4 Å². The highest BCUT2D eigenvalue weighted by molar-refractivity contribution is 5.36. The zero-order valence-corrected chi connectivity index (χ0v) is 13.4. The van der Waals surface area contributed by atoms with Crippen molar-refractivity contribution in [3.63, 3.8) is 0 Å². The van der Waals surface area contributed by atoms with Crippen molar-refractivity contribution in [2.24, 2.45) is 0 Å². The van der Waals surface area contributed by atoms with Crippen LogP contribution in [0.2, 0.25) is 0 Å². The fraction of sp³-hybridized carbons (Fsp3) is 0.786. The summed E-state index contributed by atoms with van der Waals surface area (Å²) in [6.45, 7) is 9.43. The van der Waals surface area contributed by atoms with Gasteiger partial charge in [-0.1, -0.05) is 20.3 Å². The number of hydrogen-bond acceptors (Lipinski definition) is 7. The number of aliphatic hydroxyl groups is 1. The number of nitrogens with one attached hydrogen (secondary N) is 2. The first kappa shape index (κ1) is 17.4. The maximum Gasteiger partial charge on any atom is 0.323 e. The van der Waals surface area contributed by atoms with E-state index in [-0.39, 0.29) is 6.01 Å². The van der Waals surface area contributed by atoms with Crippen molar-refractivity contribution in [2.45, 2.75) is 52.6 Å². The molecule has 0 radical (unpaired) electrons. The van der Waals surface area contributed by atoms with Crippen LogP contribution in [0.4, 0.5) is 11.9 Å². The molecule has 1 heterocycles. The Morgan fingerprint density at radius 3 is 2.29 bits per heavy atom. The van der Waals surface area contributed by atoms with Gasteiger partial charge >= 0.3 is 6.01 Å². The lowest BCUT2D eigenvalue weighted by atomic mass is 10.0. The van der Waals surface area contributed by atoms with Crippen LogP contribution in [0.25, 0.3) is 0 Å². The van der Waals surface area contributed by atoms with Crippen LogP contribution >= 0.6 is 0 Å². The Morgan fingerprint density at radius 2 is 1.71 bits per heavy atom. The van der Waals surface area contributed by atoms with Crippen molar-refractivity contribution in [2.75, 3.05) is 30.3 Å². The summed E-state index contributed by atoms with van der Waals surface area (Å²) in [5.74, 6) is 0.886. The molecule has 0 aliphatic carbocycles. The van der Waals surface area contributed by atoms with Crippen LogP contribution in [0.15, 0.2) is 0 Å². The van der Waals surface area contributed by atoms with Gasteiger partial charge in [0.25, 0.3) is 0 Å². The molecular formula is C14H27N5O2. The summed E-state index contributed by atoms with van der Waals surface area (Å²) in [4.78, 5) is 12.7. The van der Waals surface area contributed by atoms with Crippen LogP contribution in [-0.2, 0) is 0 Å². The SMILES string of the molecule is CCCNc1nc(NCC(C)(O)CCC)nc(OCC)n1. The molecular weight excluding hydrogens is 270 g/mol. The molecule has 0 fully saturated rings. The van der Waals surface area contributed by atoms with Gasteiger partial charge in [0.15, 0.2) is 0 Å². The van der Waals surface area contributed by atoms with Crippen molar-refractivity contribution in [3.8, 4) is 6.01 Å². The monoisotopic (exact) mass is 297 g/mol. The smallest absolute Gasteiger partial charge is 0.323 e. The van der Waals surface area contributed by atoms with Gasteiger partial charge in [0.1, 0.15) is 0 Å². The summed E-state index contributed by atoms with van der Waals surface area (Å²) >= 11 is 0. The first-order valence-electron chi connectivity index (χ1n) is 7.59. The minimum absolute atomic E-state index is 0.281. The molecule has 21 heavy (non-hydrogen) atoms. The summed E-state index contributed by atoms with van der Waals surface area (Å²) in [5, 5.41) is 16.3. The minimum atomic E-state index is -0.788. The predicted octanol–water partition coefficient (Wildman–Crippen LogP) is 2.06. The van der Waals surface area contributed by atoms with E-state index in [9.17, 15) is 5.11 Å². The standard InChI is InChI=1S/C14H27N5O2/c1-5-8-14(4,20)10-16-12-17-11(15-9-6-2)18-13(19-12)21-7-3/h20H,5-10H2,1-4H3,(H2,15,16,17,18,19). The first-order chi connectivity index (χ1) is 10.0. The summed E-state index contributed by atoms with van der Waals surface area (Å²) in [6, 6.07) is 0.281. The molecule has 0 bridgehead atoms. The van der Waals surface area contributed by atoms with E-state index < -0.39 is 5.60 Å². The number of ether oxygens (including phenoxy) is 1. The summed E-state index contributed by atoms with van der Waals surface area (Å²) in [6.07, 6.45) is 2.60. The molecule has 0 spiro atoms. The van der Waals surface area contributed by atoms with Crippen LogP contribution in [0.3, 0.4) is 0 Å². The zero-order valence-electron chi connectivity index (χ0n) is 13.4. The average Bonchev–Trinajstić information content (AvgIpc) is 2.43. The van der Waals surface area contributed by atoms with Gasteiger partial charge in [0.2, 0.25) is 11.9 Å². The Balaban J connectivity index is 2.77. The second-order valence-electron chi connectivity index (χ2n) is 5.23. The molecule has 120 valence electrons. The van der Waals surface area contributed by atoms with Gasteiger partial charge in [0, 0.05) is 13.1 Å². The highest BCUT2D eigenvalue weighted by Crippen LogP contribution is 2.15. The number of aromatic nitrogens is 3. The highest BCUT2D eigenvalue weighted by atomic mass is 16.5. The Hall–Kier alpha value is -1.63. The van der Waals surface area contributed by atoms with E-state index in [1.54, 1.807) is 6.92 Å². The quantitative estimate of drug-likeness (QED) is 0.608. The highest BCUT2D eigenvalue weighted by Gasteiger charge is 2.19. The lowest BCUT2D eigenvalue weighted by molar-refractivity contribution is 0.0635. The number of rotatable bonds is 10. The fourth-order valence-electron chi connectivity index (χ4n) is 1.84. The predicted molar refractivity (Wildman–Crippen MR) is 83.8 cm³/mol. The molecule has 0 saturated carbocycles. The summed E-state index contributed by atoms with van der Waals surface area (Å²) in [5.41, 5.74) is -0.788. The normalized spacial score (nSPS) is 13.6. The summed E-state index contributed by atoms with van der Waals surface area (Å²) in [7, 11) is 0. The van der Waals surface area contributed by atoms with Crippen molar-refractivity contribution in [3.05, 3.63) is 0 Å². The molecule has 3 N–H and O–H groups in total. The van der Waals surface area contributed by atoms with Gasteiger partial charge in [-0.05, 0) is 26.7 Å². The van der Waals surface area contributed by atoms with E-state index in [4.69, 9.17) is 4.74 Å². The minimum Gasteiger partial charge on any atom is -0.464 e. The second-order valence-corrected chi connectivity index (χ2v) is 5.23. The third-order valence-corrected chi connectivity index (χ3v) is 2.84. The van der Waals surface area contributed by atoms with Gasteiger partial charge in [-0.15, -0.1) is 0 Å². The van der Waals surface area contributed by atoms with Crippen LogP contribution in [-0.4, -0.2) is 45.4 Å². The van der Waals surface area contributed by atoms with Crippen molar-refractivity contribution in [1.82, 2.24) is 15.0 Å². The third kappa shape index (κ3) is 6.57. The first-order valence-corrected chi connectivity index (χ1v) is 7.59. The molecule has 0 aromatic carbocycles. The summed E-state index contributed by atoms with van der Waals surface area (Å²) < 4.78 is 5.34. The molecule has 0 aliphatic rings. The third-order valence-electron chi connectivity index (χ3n) is 2.84. The Bertz CT molecular complexity index is 426. The number of anilines is 2. The molecule has 0 amide bonds. The van der Waals surface area contributed by atoms with Crippen LogP contribution in [0.5, 0.6) is 6.01 Å². The van der Waals surface area contributed by atoms with Gasteiger partial charge < -0.3 is 20.5 Å². The van der Waals surface area contributed by atoms with E-state index in [1.807, 2.05) is 13.8 Å². The number of hydrogen-bond donors (Lipinski definition) is 3.